The summed E-state index contributed by atoms with van der Waals surface area (Å²) in [7, 11) is 0. The first kappa shape index (κ1) is 13.1. The molecule has 1 heterocycles. The van der Waals surface area contributed by atoms with Crippen LogP contribution in [0.2, 0.25) is 0 Å². The molecule has 0 spiro atoms. The van der Waals surface area contributed by atoms with E-state index in [1.807, 2.05) is 17.8 Å². The smallest absolute Gasteiger partial charge is 0.162 e. The molecule has 19 heavy (non-hydrogen) atoms. The second kappa shape index (κ2) is 6.06. The van der Waals surface area contributed by atoms with Gasteiger partial charge in [-0.25, -0.2) is 0 Å². The average Bonchev–Trinajstić information content (AvgIpc) is 3.23. The van der Waals surface area contributed by atoms with E-state index >= 15 is 0 Å². The van der Waals surface area contributed by atoms with Gasteiger partial charge in [-0.1, -0.05) is 6.92 Å². The first-order valence-electron chi connectivity index (χ1n) is 7.11. The number of benzene rings is 1. The van der Waals surface area contributed by atoms with Gasteiger partial charge in [0.2, 0.25) is 0 Å². The van der Waals surface area contributed by atoms with Crippen molar-refractivity contribution in [3.63, 3.8) is 0 Å². The van der Waals surface area contributed by atoms with Gasteiger partial charge in [0.1, 0.15) is 0 Å². The summed E-state index contributed by atoms with van der Waals surface area (Å²) in [5.41, 5.74) is 0. The summed E-state index contributed by atoms with van der Waals surface area (Å²) >= 11 is 1.89. The summed E-state index contributed by atoms with van der Waals surface area (Å²) < 4.78 is 11.4. The Hall–Kier alpha value is -0.870. The number of nitrogens with one attached hydrogen (secondary N) is 1. The van der Waals surface area contributed by atoms with Gasteiger partial charge in [-0.05, 0) is 31.0 Å². The fourth-order valence-electron chi connectivity index (χ4n) is 2.11. The molecule has 0 amide bonds. The van der Waals surface area contributed by atoms with Crippen LogP contribution in [0.5, 0.6) is 11.5 Å². The van der Waals surface area contributed by atoms with Crippen LogP contribution >= 0.6 is 11.8 Å². The number of ether oxygens (including phenoxy) is 2. The highest BCUT2D eigenvalue weighted by atomic mass is 32.2. The molecule has 0 aromatic heterocycles. The van der Waals surface area contributed by atoms with Crippen molar-refractivity contribution < 1.29 is 9.47 Å². The molecule has 1 aromatic rings. The lowest BCUT2D eigenvalue weighted by Gasteiger charge is -2.14. The molecule has 1 N–H and O–H groups in total. The molecule has 1 saturated carbocycles. The van der Waals surface area contributed by atoms with Crippen LogP contribution in [0, 0.1) is 0 Å². The maximum absolute atomic E-state index is 5.72. The highest BCUT2D eigenvalue weighted by Gasteiger charge is 2.21. The number of thioether (sulfide) groups is 1. The predicted octanol–water partition coefficient (Wildman–Crippen LogP) is 3.08. The fraction of sp³-hybridized carbons (Fsp3) is 0.600. The average molecular weight is 279 g/mol. The Balaban J connectivity index is 1.59. The van der Waals surface area contributed by atoms with Crippen LogP contribution in [0.4, 0.5) is 0 Å². The van der Waals surface area contributed by atoms with Crippen molar-refractivity contribution in [2.45, 2.75) is 42.4 Å². The van der Waals surface area contributed by atoms with Gasteiger partial charge in [0.25, 0.3) is 0 Å². The largest absolute Gasteiger partial charge is 0.490 e. The molecule has 1 aliphatic heterocycles. The highest BCUT2D eigenvalue weighted by molar-refractivity contribution is 8.00. The van der Waals surface area contributed by atoms with E-state index in [1.54, 1.807) is 0 Å². The van der Waals surface area contributed by atoms with E-state index in [4.69, 9.17) is 9.47 Å². The molecule has 1 unspecified atom stereocenters. The van der Waals surface area contributed by atoms with E-state index in [0.717, 1.165) is 43.7 Å². The lowest BCUT2D eigenvalue weighted by Crippen LogP contribution is -2.24. The molecule has 1 aliphatic carbocycles. The van der Waals surface area contributed by atoms with E-state index < -0.39 is 0 Å². The Morgan fingerprint density at radius 2 is 2.05 bits per heavy atom. The van der Waals surface area contributed by atoms with Crippen molar-refractivity contribution >= 4 is 11.8 Å². The molecule has 4 heteroatoms. The molecule has 0 radical (unpaired) electrons. The minimum absolute atomic E-state index is 0.574. The maximum Gasteiger partial charge on any atom is 0.162 e. The summed E-state index contributed by atoms with van der Waals surface area (Å²) in [5, 5.41) is 4.15. The van der Waals surface area contributed by atoms with Crippen LogP contribution in [0.15, 0.2) is 23.1 Å². The van der Waals surface area contributed by atoms with Gasteiger partial charge in [0.15, 0.2) is 11.5 Å². The van der Waals surface area contributed by atoms with E-state index in [2.05, 4.69) is 24.4 Å². The third-order valence-electron chi connectivity index (χ3n) is 3.33. The summed E-state index contributed by atoms with van der Waals surface area (Å²) in [5.74, 6) is 1.77. The Morgan fingerprint density at radius 3 is 2.84 bits per heavy atom. The van der Waals surface area contributed by atoms with Crippen molar-refractivity contribution in [2.24, 2.45) is 0 Å². The minimum atomic E-state index is 0.574. The summed E-state index contributed by atoms with van der Waals surface area (Å²) in [6.07, 6.45) is 3.65. The topological polar surface area (TPSA) is 30.5 Å². The number of hydrogen-bond acceptors (Lipinski definition) is 4. The van der Waals surface area contributed by atoms with Gasteiger partial charge in [-0.15, -0.1) is 11.8 Å². The monoisotopic (exact) mass is 279 g/mol. The molecule has 1 atom stereocenters. The lowest BCUT2D eigenvalue weighted by molar-refractivity contribution is 0.297. The van der Waals surface area contributed by atoms with Crippen LogP contribution in [0.25, 0.3) is 0 Å². The SMILES string of the molecule is CC(CNC1CC1)Sc1ccc2c(c1)OCCCO2. The van der Waals surface area contributed by atoms with Crippen LogP contribution in [0.3, 0.4) is 0 Å². The predicted molar refractivity (Wildman–Crippen MR) is 78.4 cm³/mol. The van der Waals surface area contributed by atoms with Crippen LogP contribution in [0.1, 0.15) is 26.2 Å². The Morgan fingerprint density at radius 1 is 1.26 bits per heavy atom. The third-order valence-corrected chi connectivity index (χ3v) is 4.42. The zero-order chi connectivity index (χ0) is 13.1. The Bertz CT molecular complexity index is 434. The van der Waals surface area contributed by atoms with Gasteiger partial charge >= 0.3 is 0 Å². The molecule has 2 aliphatic rings. The first-order valence-corrected chi connectivity index (χ1v) is 7.99. The van der Waals surface area contributed by atoms with Crippen molar-refractivity contribution in [3.8, 4) is 11.5 Å². The van der Waals surface area contributed by atoms with Crippen molar-refractivity contribution in [2.75, 3.05) is 19.8 Å². The van der Waals surface area contributed by atoms with Gasteiger partial charge in [-0.2, -0.15) is 0 Å². The minimum Gasteiger partial charge on any atom is -0.490 e. The van der Waals surface area contributed by atoms with Gasteiger partial charge in [0, 0.05) is 29.2 Å². The fourth-order valence-corrected chi connectivity index (χ4v) is 3.08. The van der Waals surface area contributed by atoms with Crippen molar-refractivity contribution in [3.05, 3.63) is 18.2 Å². The molecular formula is C15H21NO2S. The van der Waals surface area contributed by atoms with E-state index in [9.17, 15) is 0 Å². The molecule has 104 valence electrons. The normalized spacial score (nSPS) is 19.8. The molecule has 1 fully saturated rings. The number of fused-ring (bicyclic) bond motifs is 1. The zero-order valence-corrected chi connectivity index (χ0v) is 12.2. The Kier molecular flexibility index (Phi) is 4.18. The standard InChI is InChI=1S/C15H21NO2S/c1-11(10-16-12-3-4-12)19-13-5-6-14-15(9-13)18-8-2-7-17-14/h5-6,9,11-12,16H,2-4,7-8,10H2,1H3. The number of rotatable bonds is 5. The quantitative estimate of drug-likeness (QED) is 0.839. The second-order valence-corrected chi connectivity index (χ2v) is 6.78. The summed E-state index contributed by atoms with van der Waals surface area (Å²) in [6, 6.07) is 7.06. The van der Waals surface area contributed by atoms with Gasteiger partial charge in [-0.3, -0.25) is 0 Å². The Labute approximate surface area is 119 Å². The lowest BCUT2D eigenvalue weighted by atomic mass is 10.3. The van der Waals surface area contributed by atoms with E-state index in [1.165, 1.54) is 17.7 Å². The molecule has 0 saturated heterocycles. The first-order chi connectivity index (χ1) is 9.31. The van der Waals surface area contributed by atoms with Crippen LogP contribution < -0.4 is 14.8 Å². The highest BCUT2D eigenvalue weighted by Crippen LogP contribution is 2.35. The van der Waals surface area contributed by atoms with Gasteiger partial charge < -0.3 is 14.8 Å². The summed E-state index contributed by atoms with van der Waals surface area (Å²) in [4.78, 5) is 1.26. The second-order valence-electron chi connectivity index (χ2n) is 5.27. The zero-order valence-electron chi connectivity index (χ0n) is 11.4. The van der Waals surface area contributed by atoms with Gasteiger partial charge in [0.05, 0.1) is 13.2 Å². The third kappa shape index (κ3) is 3.80. The van der Waals surface area contributed by atoms with E-state index in [-0.39, 0.29) is 0 Å². The number of hydrogen-bond donors (Lipinski definition) is 1. The van der Waals surface area contributed by atoms with Crippen LogP contribution in [-0.2, 0) is 0 Å². The molecular weight excluding hydrogens is 258 g/mol. The van der Waals surface area contributed by atoms with Crippen molar-refractivity contribution in [1.82, 2.24) is 5.32 Å². The molecule has 3 nitrogen and oxygen atoms in total. The molecule has 1 aromatic carbocycles. The molecule has 3 rings (SSSR count). The van der Waals surface area contributed by atoms with Crippen molar-refractivity contribution in [1.29, 1.82) is 0 Å². The van der Waals surface area contributed by atoms with Crippen LogP contribution in [-0.4, -0.2) is 31.1 Å². The maximum atomic E-state index is 5.72. The van der Waals surface area contributed by atoms with E-state index in [0.29, 0.717) is 5.25 Å². The molecule has 0 bridgehead atoms. The summed E-state index contributed by atoms with van der Waals surface area (Å²) in [6.45, 7) is 4.84.